The van der Waals surface area contributed by atoms with Crippen LogP contribution in [0.4, 0.5) is 0 Å². The van der Waals surface area contributed by atoms with Gasteiger partial charge >= 0.3 is 0 Å². The molecule has 0 saturated heterocycles. The Kier molecular flexibility index (Phi) is 4.28. The van der Waals surface area contributed by atoms with Crippen LogP contribution >= 0.6 is 45.9 Å². The van der Waals surface area contributed by atoms with Crippen molar-refractivity contribution in [1.29, 1.82) is 0 Å². The fourth-order valence-electron chi connectivity index (χ4n) is 2.87. The summed E-state index contributed by atoms with van der Waals surface area (Å²) in [4.78, 5) is 15.0. The maximum absolute atomic E-state index is 12.8. The van der Waals surface area contributed by atoms with Crippen molar-refractivity contribution in [3.8, 4) is 0 Å². The van der Waals surface area contributed by atoms with Gasteiger partial charge in [-0.25, -0.2) is 0 Å². The zero-order chi connectivity index (χ0) is 15.1. The number of rotatable bonds is 3. The molecule has 1 aliphatic carbocycles. The first-order chi connectivity index (χ1) is 9.97. The zero-order valence-electron chi connectivity index (χ0n) is 11.8. The molecule has 1 nitrogen and oxygen atoms in total. The summed E-state index contributed by atoms with van der Waals surface area (Å²) >= 11 is 15.2. The van der Waals surface area contributed by atoms with Crippen molar-refractivity contribution in [1.82, 2.24) is 0 Å². The predicted molar refractivity (Wildman–Crippen MR) is 93.2 cm³/mol. The summed E-state index contributed by atoms with van der Waals surface area (Å²) < 4.78 is 1.45. The lowest BCUT2D eigenvalue weighted by Crippen LogP contribution is -2.03. The second kappa shape index (κ2) is 5.88. The Morgan fingerprint density at radius 2 is 1.71 bits per heavy atom. The smallest absolute Gasteiger partial charge is 0.190 e. The maximum Gasteiger partial charge on any atom is 0.190 e. The molecule has 2 aromatic heterocycles. The normalized spacial score (nSPS) is 15.0. The van der Waals surface area contributed by atoms with Gasteiger partial charge in [-0.15, -0.1) is 22.7 Å². The monoisotopic (exact) mass is 356 g/mol. The van der Waals surface area contributed by atoms with Crippen LogP contribution in [-0.4, -0.2) is 5.78 Å². The summed E-state index contributed by atoms with van der Waals surface area (Å²) in [6, 6.07) is 3.78. The average Bonchev–Trinajstić information content (AvgIpc) is 3.08. The van der Waals surface area contributed by atoms with Gasteiger partial charge in [-0.1, -0.05) is 23.2 Å². The van der Waals surface area contributed by atoms with Crippen molar-refractivity contribution in [2.24, 2.45) is 0 Å². The number of ketones is 1. The van der Waals surface area contributed by atoms with Crippen molar-refractivity contribution in [3.63, 3.8) is 0 Å². The molecule has 0 aromatic carbocycles. The molecule has 0 aliphatic heterocycles. The van der Waals surface area contributed by atoms with E-state index in [4.69, 9.17) is 23.2 Å². The summed E-state index contributed by atoms with van der Waals surface area (Å²) in [6.07, 6.45) is 2.82. The van der Waals surface area contributed by atoms with Crippen LogP contribution in [0.5, 0.6) is 0 Å². The van der Waals surface area contributed by atoms with E-state index in [1.165, 1.54) is 21.8 Å². The molecule has 0 unspecified atom stereocenters. The van der Waals surface area contributed by atoms with Gasteiger partial charge in [-0.05, 0) is 56.4 Å². The molecule has 3 rings (SSSR count). The summed E-state index contributed by atoms with van der Waals surface area (Å²) in [5.41, 5.74) is 4.00. The number of Topliss-reactive ketones (excluding diaryl/α,β-unsaturated/α-hetero) is 1. The second-order valence-corrected chi connectivity index (χ2v) is 8.96. The molecule has 0 bridgehead atoms. The van der Waals surface area contributed by atoms with Crippen LogP contribution in [-0.2, 0) is 0 Å². The van der Waals surface area contributed by atoms with E-state index in [9.17, 15) is 4.79 Å². The quantitative estimate of drug-likeness (QED) is 0.569. The summed E-state index contributed by atoms with van der Waals surface area (Å²) in [5.74, 6) is 0.130. The zero-order valence-corrected chi connectivity index (χ0v) is 14.9. The minimum atomic E-state index is 0.130. The van der Waals surface area contributed by atoms with E-state index in [0.717, 1.165) is 45.2 Å². The number of carbonyl (C=O) groups is 1. The third-order valence-corrected chi connectivity index (χ3v) is 6.20. The molecule has 21 heavy (non-hydrogen) atoms. The number of halogens is 2. The number of aryl methyl sites for hydroxylation is 2. The molecule has 2 heterocycles. The predicted octanol–water partition coefficient (Wildman–Crippen LogP) is 6.55. The van der Waals surface area contributed by atoms with E-state index >= 15 is 0 Å². The fourth-order valence-corrected chi connectivity index (χ4v) is 5.28. The van der Waals surface area contributed by atoms with Gasteiger partial charge in [-0.3, -0.25) is 4.79 Å². The van der Waals surface area contributed by atoms with Gasteiger partial charge in [0.1, 0.15) is 0 Å². The molecular weight excluding hydrogens is 343 g/mol. The molecule has 0 N–H and O–H groups in total. The number of hydrogen-bond acceptors (Lipinski definition) is 3. The highest BCUT2D eigenvalue weighted by Crippen LogP contribution is 2.41. The highest BCUT2D eigenvalue weighted by atomic mass is 35.5. The lowest BCUT2D eigenvalue weighted by Gasteiger charge is -2.06. The Morgan fingerprint density at radius 3 is 2.29 bits per heavy atom. The van der Waals surface area contributed by atoms with E-state index in [0.29, 0.717) is 4.34 Å². The van der Waals surface area contributed by atoms with Crippen LogP contribution in [0, 0.1) is 13.8 Å². The van der Waals surface area contributed by atoms with E-state index in [1.54, 1.807) is 17.4 Å². The molecule has 2 aromatic rings. The summed E-state index contributed by atoms with van der Waals surface area (Å²) in [6.45, 7) is 4.01. The van der Waals surface area contributed by atoms with Crippen LogP contribution in [0.3, 0.4) is 0 Å². The lowest BCUT2D eigenvalue weighted by molar-refractivity contribution is 0.103. The van der Waals surface area contributed by atoms with Crippen LogP contribution in [0.25, 0.3) is 5.57 Å². The standard InChI is InChI=1S/C16H14Cl2OS2/c1-8-12(6-14(17)20-8)10-4-3-5-11(10)16(19)13-7-15(18)21-9(13)2/h6-7H,3-5H2,1-2H3. The van der Waals surface area contributed by atoms with Gasteiger partial charge in [0.15, 0.2) is 5.78 Å². The van der Waals surface area contributed by atoms with Crippen LogP contribution in [0.1, 0.15) is 44.9 Å². The first-order valence-corrected chi connectivity index (χ1v) is 9.15. The van der Waals surface area contributed by atoms with Crippen molar-refractivity contribution < 1.29 is 4.79 Å². The van der Waals surface area contributed by atoms with E-state index < -0.39 is 0 Å². The second-order valence-electron chi connectivity index (χ2n) is 5.18. The van der Waals surface area contributed by atoms with Crippen molar-refractivity contribution in [2.45, 2.75) is 33.1 Å². The minimum absolute atomic E-state index is 0.130. The number of carbonyl (C=O) groups excluding carboxylic acids is 1. The van der Waals surface area contributed by atoms with Gasteiger partial charge < -0.3 is 0 Å². The third kappa shape index (κ3) is 2.85. The highest BCUT2D eigenvalue weighted by molar-refractivity contribution is 7.16. The van der Waals surface area contributed by atoms with Gasteiger partial charge in [0, 0.05) is 20.9 Å². The van der Waals surface area contributed by atoms with Crippen molar-refractivity contribution in [3.05, 3.63) is 47.3 Å². The van der Waals surface area contributed by atoms with Crippen LogP contribution in [0.2, 0.25) is 8.67 Å². The Labute approximate surface area is 142 Å². The van der Waals surface area contributed by atoms with Crippen LogP contribution < -0.4 is 0 Å². The first kappa shape index (κ1) is 15.3. The Balaban J connectivity index is 2.07. The molecule has 1 aliphatic rings. The van der Waals surface area contributed by atoms with Gasteiger partial charge in [0.2, 0.25) is 0 Å². The topological polar surface area (TPSA) is 17.1 Å². The minimum Gasteiger partial charge on any atom is -0.289 e. The molecule has 0 saturated carbocycles. The maximum atomic E-state index is 12.8. The molecular formula is C16H14Cl2OS2. The third-order valence-electron chi connectivity index (χ3n) is 3.84. The van der Waals surface area contributed by atoms with E-state index in [-0.39, 0.29) is 5.78 Å². The van der Waals surface area contributed by atoms with Gasteiger partial charge in [-0.2, -0.15) is 0 Å². The molecule has 110 valence electrons. The van der Waals surface area contributed by atoms with E-state index in [1.807, 2.05) is 13.0 Å². The number of hydrogen-bond donors (Lipinski definition) is 0. The first-order valence-electron chi connectivity index (χ1n) is 6.76. The molecule has 0 atom stereocenters. The summed E-state index contributed by atoms with van der Waals surface area (Å²) in [7, 11) is 0. The molecule has 0 spiro atoms. The average molecular weight is 357 g/mol. The highest BCUT2D eigenvalue weighted by Gasteiger charge is 2.26. The Morgan fingerprint density at radius 1 is 1.05 bits per heavy atom. The molecule has 5 heteroatoms. The summed E-state index contributed by atoms with van der Waals surface area (Å²) in [5, 5.41) is 0. The SMILES string of the molecule is Cc1sc(Cl)cc1C(=O)C1=C(c2cc(Cl)sc2C)CCC1. The van der Waals surface area contributed by atoms with Gasteiger partial charge in [0.25, 0.3) is 0 Å². The number of allylic oxidation sites excluding steroid dienone is 2. The Bertz CT molecular complexity index is 752. The molecule has 0 fully saturated rings. The lowest BCUT2D eigenvalue weighted by atomic mass is 9.97. The number of thiophene rings is 2. The van der Waals surface area contributed by atoms with Gasteiger partial charge in [0.05, 0.1) is 8.67 Å². The van der Waals surface area contributed by atoms with Crippen LogP contribution in [0.15, 0.2) is 17.7 Å². The van der Waals surface area contributed by atoms with E-state index in [2.05, 4.69) is 6.92 Å². The Hall–Kier alpha value is -0.610. The largest absolute Gasteiger partial charge is 0.289 e. The fraction of sp³-hybridized carbons (Fsp3) is 0.312. The molecule has 0 radical (unpaired) electrons. The molecule has 0 amide bonds. The van der Waals surface area contributed by atoms with Crippen molar-refractivity contribution >= 4 is 57.2 Å². The van der Waals surface area contributed by atoms with Crippen molar-refractivity contribution in [2.75, 3.05) is 0 Å².